The van der Waals surface area contributed by atoms with Crippen molar-refractivity contribution in [3.63, 3.8) is 0 Å². The molecule has 3 heteroatoms. The maximum Gasteiger partial charge on any atom is 0.309 e. The highest BCUT2D eigenvalue weighted by Crippen LogP contribution is 2.48. The van der Waals surface area contributed by atoms with Gasteiger partial charge in [0, 0.05) is 19.8 Å². The van der Waals surface area contributed by atoms with Crippen LogP contribution in [-0.2, 0) is 9.53 Å². The number of hydrogen-bond acceptors (Lipinski definition) is 3. The van der Waals surface area contributed by atoms with Crippen molar-refractivity contribution in [3.05, 3.63) is 29.8 Å². The molecule has 1 fully saturated rings. The number of nitrogens with zero attached hydrogens (tertiary/aromatic N) is 1. The van der Waals surface area contributed by atoms with Crippen molar-refractivity contribution in [3.8, 4) is 0 Å². The van der Waals surface area contributed by atoms with Gasteiger partial charge in [0.05, 0.1) is 12.5 Å². The number of carbonyl (C=O) groups is 1. The standard InChI is InChI=1S/C14H19NO2/c1-4-17-14(16)13-9-12(13)10-5-7-11(8-6-10)15(2)3/h5-8,12-13H,4,9H2,1-3H3. The molecule has 0 spiro atoms. The van der Waals surface area contributed by atoms with Gasteiger partial charge in [0.1, 0.15) is 0 Å². The van der Waals surface area contributed by atoms with Gasteiger partial charge in [-0.15, -0.1) is 0 Å². The van der Waals surface area contributed by atoms with E-state index in [1.165, 1.54) is 11.3 Å². The smallest absolute Gasteiger partial charge is 0.309 e. The Morgan fingerprint density at radius 2 is 2.00 bits per heavy atom. The summed E-state index contributed by atoms with van der Waals surface area (Å²) in [4.78, 5) is 13.6. The van der Waals surface area contributed by atoms with Crippen LogP contribution in [0, 0.1) is 5.92 Å². The van der Waals surface area contributed by atoms with Gasteiger partial charge in [-0.05, 0) is 37.0 Å². The van der Waals surface area contributed by atoms with E-state index in [9.17, 15) is 4.79 Å². The lowest BCUT2D eigenvalue weighted by Crippen LogP contribution is -2.08. The Balaban J connectivity index is 1.99. The first-order valence-electron chi connectivity index (χ1n) is 6.07. The quantitative estimate of drug-likeness (QED) is 0.748. The van der Waals surface area contributed by atoms with Gasteiger partial charge in [-0.3, -0.25) is 4.79 Å². The van der Waals surface area contributed by atoms with E-state index >= 15 is 0 Å². The normalized spacial score (nSPS) is 22.1. The minimum atomic E-state index is -0.0470. The van der Waals surface area contributed by atoms with E-state index in [1.54, 1.807) is 0 Å². The van der Waals surface area contributed by atoms with Crippen LogP contribution in [0.2, 0.25) is 0 Å². The predicted molar refractivity (Wildman–Crippen MR) is 68.3 cm³/mol. The Morgan fingerprint density at radius 1 is 1.35 bits per heavy atom. The van der Waals surface area contributed by atoms with Crippen molar-refractivity contribution < 1.29 is 9.53 Å². The van der Waals surface area contributed by atoms with E-state index in [0.29, 0.717) is 12.5 Å². The molecule has 2 atom stereocenters. The van der Waals surface area contributed by atoms with Gasteiger partial charge in [0.2, 0.25) is 0 Å². The monoisotopic (exact) mass is 233 g/mol. The molecule has 1 aromatic carbocycles. The molecule has 0 aromatic heterocycles. The summed E-state index contributed by atoms with van der Waals surface area (Å²) in [5.74, 6) is 0.402. The van der Waals surface area contributed by atoms with Gasteiger partial charge >= 0.3 is 5.97 Å². The molecule has 1 aliphatic carbocycles. The van der Waals surface area contributed by atoms with Gasteiger partial charge < -0.3 is 9.64 Å². The van der Waals surface area contributed by atoms with Crippen molar-refractivity contribution >= 4 is 11.7 Å². The highest BCUT2D eigenvalue weighted by Gasteiger charge is 2.44. The van der Waals surface area contributed by atoms with Crippen LogP contribution in [0.3, 0.4) is 0 Å². The first-order valence-corrected chi connectivity index (χ1v) is 6.07. The molecule has 0 saturated heterocycles. The van der Waals surface area contributed by atoms with Crippen molar-refractivity contribution in [1.29, 1.82) is 0 Å². The van der Waals surface area contributed by atoms with Crippen molar-refractivity contribution in [2.75, 3.05) is 25.6 Å². The Morgan fingerprint density at radius 3 is 2.53 bits per heavy atom. The summed E-state index contributed by atoms with van der Waals surface area (Å²) < 4.78 is 5.03. The molecule has 1 saturated carbocycles. The Labute approximate surface area is 102 Å². The number of carbonyl (C=O) groups excluding carboxylic acids is 1. The van der Waals surface area contributed by atoms with Crippen molar-refractivity contribution in [1.82, 2.24) is 0 Å². The predicted octanol–water partition coefficient (Wildman–Crippen LogP) is 2.42. The second-order valence-electron chi connectivity index (χ2n) is 4.69. The number of hydrogen-bond donors (Lipinski definition) is 0. The van der Waals surface area contributed by atoms with Crippen LogP contribution in [0.15, 0.2) is 24.3 Å². The highest BCUT2D eigenvalue weighted by molar-refractivity contribution is 5.77. The number of esters is 1. The fraction of sp³-hybridized carbons (Fsp3) is 0.500. The molecule has 17 heavy (non-hydrogen) atoms. The van der Waals surface area contributed by atoms with E-state index in [4.69, 9.17) is 4.74 Å². The summed E-state index contributed by atoms with van der Waals surface area (Å²) in [7, 11) is 4.04. The fourth-order valence-electron chi connectivity index (χ4n) is 2.09. The third kappa shape index (κ3) is 2.60. The molecule has 0 heterocycles. The third-order valence-electron chi connectivity index (χ3n) is 3.22. The van der Waals surface area contributed by atoms with Gasteiger partial charge in [-0.1, -0.05) is 12.1 Å². The Bertz CT molecular complexity index is 397. The Kier molecular flexibility index (Phi) is 3.36. The van der Waals surface area contributed by atoms with Crippen molar-refractivity contribution in [2.45, 2.75) is 19.3 Å². The van der Waals surface area contributed by atoms with Crippen molar-refractivity contribution in [2.24, 2.45) is 5.92 Å². The zero-order chi connectivity index (χ0) is 12.4. The molecule has 0 bridgehead atoms. The SMILES string of the molecule is CCOC(=O)C1CC1c1ccc(N(C)C)cc1. The lowest BCUT2D eigenvalue weighted by Gasteiger charge is -2.12. The number of ether oxygens (including phenoxy) is 1. The molecule has 92 valence electrons. The van der Waals surface area contributed by atoms with Gasteiger partial charge in [0.15, 0.2) is 0 Å². The molecule has 1 aromatic rings. The zero-order valence-electron chi connectivity index (χ0n) is 10.6. The van der Waals surface area contributed by atoms with Crippen LogP contribution in [0.5, 0.6) is 0 Å². The minimum absolute atomic E-state index is 0.0470. The highest BCUT2D eigenvalue weighted by atomic mass is 16.5. The van der Waals surface area contributed by atoms with Crippen LogP contribution in [0.4, 0.5) is 5.69 Å². The van der Waals surface area contributed by atoms with E-state index in [1.807, 2.05) is 21.0 Å². The number of anilines is 1. The van der Waals surface area contributed by atoms with Crippen LogP contribution in [0.1, 0.15) is 24.8 Å². The topological polar surface area (TPSA) is 29.5 Å². The molecule has 0 aliphatic heterocycles. The summed E-state index contributed by atoms with van der Waals surface area (Å²) in [6.07, 6.45) is 0.931. The first kappa shape index (κ1) is 12.0. The summed E-state index contributed by atoms with van der Waals surface area (Å²) in [6, 6.07) is 8.41. The molecule has 0 amide bonds. The first-order chi connectivity index (χ1) is 8.13. The second kappa shape index (κ2) is 4.78. The summed E-state index contributed by atoms with van der Waals surface area (Å²) in [5.41, 5.74) is 2.43. The second-order valence-corrected chi connectivity index (χ2v) is 4.69. The lowest BCUT2D eigenvalue weighted by molar-refractivity contribution is -0.144. The summed E-state index contributed by atoms with van der Waals surface area (Å²) in [5, 5.41) is 0. The molecule has 0 N–H and O–H groups in total. The maximum atomic E-state index is 11.5. The van der Waals surface area contributed by atoms with Crippen LogP contribution >= 0.6 is 0 Å². The van der Waals surface area contributed by atoms with Gasteiger partial charge in [-0.2, -0.15) is 0 Å². The molecule has 2 rings (SSSR count). The number of benzene rings is 1. The van der Waals surface area contributed by atoms with E-state index in [2.05, 4.69) is 29.2 Å². The third-order valence-corrected chi connectivity index (χ3v) is 3.22. The molecular weight excluding hydrogens is 214 g/mol. The molecule has 3 nitrogen and oxygen atoms in total. The molecular formula is C14H19NO2. The average Bonchev–Trinajstić information content (AvgIpc) is 3.09. The van der Waals surface area contributed by atoms with E-state index in [0.717, 1.165) is 6.42 Å². The molecule has 1 aliphatic rings. The average molecular weight is 233 g/mol. The van der Waals surface area contributed by atoms with E-state index < -0.39 is 0 Å². The zero-order valence-corrected chi connectivity index (χ0v) is 10.6. The maximum absolute atomic E-state index is 11.5. The lowest BCUT2D eigenvalue weighted by atomic mass is 10.1. The Hall–Kier alpha value is -1.51. The van der Waals surface area contributed by atoms with Gasteiger partial charge in [-0.25, -0.2) is 0 Å². The van der Waals surface area contributed by atoms with Crippen LogP contribution in [-0.4, -0.2) is 26.7 Å². The summed E-state index contributed by atoms with van der Waals surface area (Å²) in [6.45, 7) is 2.32. The summed E-state index contributed by atoms with van der Waals surface area (Å²) >= 11 is 0. The van der Waals surface area contributed by atoms with E-state index in [-0.39, 0.29) is 11.9 Å². The van der Waals surface area contributed by atoms with Crippen LogP contribution in [0.25, 0.3) is 0 Å². The number of rotatable bonds is 4. The fourth-order valence-corrected chi connectivity index (χ4v) is 2.09. The molecule has 0 radical (unpaired) electrons. The van der Waals surface area contributed by atoms with Crippen LogP contribution < -0.4 is 4.90 Å². The van der Waals surface area contributed by atoms with Gasteiger partial charge in [0.25, 0.3) is 0 Å². The minimum Gasteiger partial charge on any atom is -0.466 e. The largest absolute Gasteiger partial charge is 0.466 e. The molecule has 2 unspecified atom stereocenters.